The number of nitrogens with zero attached hydrogens (tertiary/aromatic N) is 4. The maximum absolute atomic E-state index is 12.0. The van der Waals surface area contributed by atoms with Crippen LogP contribution in [0.5, 0.6) is 11.6 Å². The summed E-state index contributed by atoms with van der Waals surface area (Å²) in [5.41, 5.74) is 0.965. The molecule has 2 heterocycles. The van der Waals surface area contributed by atoms with Gasteiger partial charge in [0, 0.05) is 17.6 Å². The lowest BCUT2D eigenvalue weighted by Gasteiger charge is -2.39. The largest absolute Gasteiger partial charge is 0.434 e. The molecule has 2 unspecified atom stereocenters. The molecule has 29 heavy (non-hydrogen) atoms. The Hall–Kier alpha value is -2.41. The second kappa shape index (κ2) is 6.83. The number of hydrogen-bond acceptors (Lipinski definition) is 6. The number of ether oxygens (including phenoxy) is 1. The third kappa shape index (κ3) is 3.75. The molecular weight excluding hydrogens is 392 g/mol. The van der Waals surface area contributed by atoms with Crippen LogP contribution >= 0.6 is 11.6 Å². The van der Waals surface area contributed by atoms with E-state index in [0.717, 1.165) is 31.4 Å². The monoisotopic (exact) mass is 416 g/mol. The van der Waals surface area contributed by atoms with Gasteiger partial charge in [-0.05, 0) is 60.8 Å². The predicted molar refractivity (Wildman–Crippen MR) is 112 cm³/mol. The molecule has 0 amide bonds. The second-order valence-electron chi connectivity index (χ2n) is 9.46. The van der Waals surface area contributed by atoms with E-state index in [9.17, 15) is 10.1 Å². The van der Waals surface area contributed by atoms with Gasteiger partial charge in [0.2, 0.25) is 5.82 Å². The van der Waals surface area contributed by atoms with Gasteiger partial charge in [-0.3, -0.25) is 10.1 Å². The van der Waals surface area contributed by atoms with E-state index in [4.69, 9.17) is 16.3 Å². The Morgan fingerprint density at radius 1 is 1.28 bits per heavy atom. The van der Waals surface area contributed by atoms with Gasteiger partial charge in [0.25, 0.3) is 0 Å². The Balaban J connectivity index is 1.73. The molecule has 1 aliphatic heterocycles. The fourth-order valence-electron chi connectivity index (χ4n) is 5.30. The Bertz CT molecular complexity index is 980. The van der Waals surface area contributed by atoms with Crippen molar-refractivity contribution in [2.24, 2.45) is 10.8 Å². The van der Waals surface area contributed by atoms with E-state index in [-0.39, 0.29) is 28.4 Å². The molecule has 1 aromatic heterocycles. The van der Waals surface area contributed by atoms with Crippen LogP contribution in [0.1, 0.15) is 45.6 Å². The van der Waals surface area contributed by atoms with Crippen molar-refractivity contribution in [2.45, 2.75) is 53.0 Å². The van der Waals surface area contributed by atoms with Crippen molar-refractivity contribution in [2.75, 3.05) is 11.4 Å². The minimum atomic E-state index is -0.441. The summed E-state index contributed by atoms with van der Waals surface area (Å²) in [5.74, 6) is 0.748. The average molecular weight is 417 g/mol. The highest BCUT2D eigenvalue weighted by Crippen LogP contribution is 2.54. The van der Waals surface area contributed by atoms with Crippen LogP contribution in [-0.4, -0.2) is 27.5 Å². The van der Waals surface area contributed by atoms with E-state index in [2.05, 4.69) is 35.6 Å². The number of rotatable bonds is 4. The zero-order valence-electron chi connectivity index (χ0n) is 17.1. The van der Waals surface area contributed by atoms with Crippen LogP contribution in [0, 0.1) is 27.9 Å². The van der Waals surface area contributed by atoms with Crippen molar-refractivity contribution in [1.29, 1.82) is 0 Å². The zero-order chi connectivity index (χ0) is 21.0. The van der Waals surface area contributed by atoms with Crippen molar-refractivity contribution in [3.05, 3.63) is 45.2 Å². The number of anilines is 1. The van der Waals surface area contributed by atoms with Crippen molar-refractivity contribution < 1.29 is 9.66 Å². The summed E-state index contributed by atoms with van der Waals surface area (Å²) < 4.78 is 5.81. The molecule has 2 bridgehead atoms. The second-order valence-corrected chi connectivity index (χ2v) is 9.87. The van der Waals surface area contributed by atoms with E-state index in [1.165, 1.54) is 6.33 Å². The fraction of sp³-hybridized carbons (Fsp3) is 0.524. The van der Waals surface area contributed by atoms with Crippen LogP contribution in [0.4, 0.5) is 11.5 Å². The number of aromatic nitrogens is 2. The molecule has 1 saturated carbocycles. The zero-order valence-corrected chi connectivity index (χ0v) is 17.9. The lowest BCUT2D eigenvalue weighted by Crippen LogP contribution is -2.35. The highest BCUT2D eigenvalue weighted by Gasteiger charge is 2.51. The molecule has 0 N–H and O–H groups in total. The van der Waals surface area contributed by atoms with E-state index in [0.29, 0.717) is 16.6 Å². The summed E-state index contributed by atoms with van der Waals surface area (Å²) in [4.78, 5) is 22.1. The van der Waals surface area contributed by atoms with E-state index < -0.39 is 4.92 Å². The van der Waals surface area contributed by atoms with Gasteiger partial charge in [-0.2, -0.15) is 4.98 Å². The third-order valence-electron chi connectivity index (χ3n) is 5.98. The molecule has 0 radical (unpaired) electrons. The molecule has 1 aromatic carbocycles. The van der Waals surface area contributed by atoms with Crippen molar-refractivity contribution >= 4 is 23.1 Å². The topological polar surface area (TPSA) is 81.4 Å². The van der Waals surface area contributed by atoms with Crippen LogP contribution in [0.2, 0.25) is 5.02 Å². The number of hydrogen-bond donors (Lipinski definition) is 0. The van der Waals surface area contributed by atoms with E-state index >= 15 is 0 Å². The standard InChI is InChI=1S/C21H25ClN4O3/c1-13-7-15(5-6-16(13)22)29-19-17(26(27)28)18(23-12-24-19)25-11-21(4)9-14(25)8-20(2,3)10-21/h5-7,12,14H,8-11H2,1-4H3. The molecule has 4 rings (SSSR count). The predicted octanol–water partition coefficient (Wildman–Crippen LogP) is 5.54. The Kier molecular flexibility index (Phi) is 4.69. The number of benzene rings is 1. The first kappa shape index (κ1) is 19.9. The highest BCUT2D eigenvalue weighted by atomic mass is 35.5. The minimum Gasteiger partial charge on any atom is -0.434 e. The SMILES string of the molecule is Cc1cc(Oc2ncnc(N3CC4(C)CC3CC(C)(C)C4)c2[N+](=O)[O-])ccc1Cl. The molecule has 1 aliphatic carbocycles. The quantitative estimate of drug-likeness (QED) is 0.480. The lowest BCUT2D eigenvalue weighted by molar-refractivity contribution is -0.385. The molecule has 2 fully saturated rings. The van der Waals surface area contributed by atoms with Crippen molar-refractivity contribution in [1.82, 2.24) is 9.97 Å². The normalized spacial score (nSPS) is 25.1. The van der Waals surface area contributed by atoms with Gasteiger partial charge in [-0.1, -0.05) is 32.4 Å². The van der Waals surface area contributed by atoms with Gasteiger partial charge in [-0.15, -0.1) is 0 Å². The summed E-state index contributed by atoms with van der Waals surface area (Å²) in [5, 5.41) is 12.6. The summed E-state index contributed by atoms with van der Waals surface area (Å²) in [6.45, 7) is 9.40. The highest BCUT2D eigenvalue weighted by molar-refractivity contribution is 6.31. The summed E-state index contributed by atoms with van der Waals surface area (Å²) >= 11 is 6.07. The molecule has 1 saturated heterocycles. The van der Waals surface area contributed by atoms with Crippen LogP contribution in [0.25, 0.3) is 0 Å². The molecular formula is C21H25ClN4O3. The minimum absolute atomic E-state index is 0.0485. The average Bonchev–Trinajstić information content (AvgIpc) is 2.86. The molecule has 7 nitrogen and oxygen atoms in total. The van der Waals surface area contributed by atoms with Crippen molar-refractivity contribution in [3.63, 3.8) is 0 Å². The van der Waals surface area contributed by atoms with E-state index in [1.807, 2.05) is 6.92 Å². The van der Waals surface area contributed by atoms with Gasteiger partial charge in [0.15, 0.2) is 0 Å². The lowest BCUT2D eigenvalue weighted by atomic mass is 9.65. The summed E-state index contributed by atoms with van der Waals surface area (Å²) in [7, 11) is 0. The van der Waals surface area contributed by atoms with Crippen LogP contribution in [0.15, 0.2) is 24.5 Å². The number of halogens is 1. The van der Waals surface area contributed by atoms with Gasteiger partial charge in [-0.25, -0.2) is 4.98 Å². The van der Waals surface area contributed by atoms with Crippen LogP contribution in [0.3, 0.4) is 0 Å². The third-order valence-corrected chi connectivity index (χ3v) is 6.41. The van der Waals surface area contributed by atoms with Crippen LogP contribution < -0.4 is 9.64 Å². The molecule has 2 aromatic rings. The summed E-state index contributed by atoms with van der Waals surface area (Å²) in [6.07, 6.45) is 4.44. The first-order chi connectivity index (χ1) is 13.6. The number of nitro groups is 1. The van der Waals surface area contributed by atoms with Gasteiger partial charge >= 0.3 is 11.6 Å². The van der Waals surface area contributed by atoms with Gasteiger partial charge in [0.1, 0.15) is 12.1 Å². The van der Waals surface area contributed by atoms with Crippen molar-refractivity contribution in [3.8, 4) is 11.6 Å². The van der Waals surface area contributed by atoms with Crippen LogP contribution in [-0.2, 0) is 0 Å². The molecule has 2 atom stereocenters. The maximum atomic E-state index is 12.0. The number of aryl methyl sites for hydroxylation is 1. The Morgan fingerprint density at radius 3 is 2.72 bits per heavy atom. The first-order valence-corrected chi connectivity index (χ1v) is 10.1. The molecule has 0 spiro atoms. The number of fused-ring (bicyclic) bond motifs is 2. The van der Waals surface area contributed by atoms with Gasteiger partial charge in [0.05, 0.1) is 4.92 Å². The smallest absolute Gasteiger partial charge is 0.373 e. The molecule has 8 heteroatoms. The molecule has 2 aliphatic rings. The summed E-state index contributed by atoms with van der Waals surface area (Å²) in [6, 6.07) is 5.34. The first-order valence-electron chi connectivity index (χ1n) is 9.77. The van der Waals surface area contributed by atoms with Gasteiger partial charge < -0.3 is 9.64 Å². The Morgan fingerprint density at radius 2 is 2.03 bits per heavy atom. The maximum Gasteiger partial charge on any atom is 0.373 e. The fourth-order valence-corrected chi connectivity index (χ4v) is 5.42. The molecule has 154 valence electrons. The van der Waals surface area contributed by atoms with E-state index in [1.54, 1.807) is 18.2 Å². The Labute approximate surface area is 175 Å².